The average molecular weight is 206 g/mol. The fraction of sp³-hybridized carbons (Fsp3) is 0.462. The lowest BCUT2D eigenvalue weighted by Crippen LogP contribution is -2.13. The van der Waals surface area contributed by atoms with Crippen LogP contribution in [0.1, 0.15) is 25.8 Å². The van der Waals surface area contributed by atoms with Gasteiger partial charge in [0.15, 0.2) is 5.78 Å². The molecule has 0 spiro atoms. The van der Waals surface area contributed by atoms with Crippen molar-refractivity contribution in [1.29, 1.82) is 0 Å². The molecule has 0 fully saturated rings. The van der Waals surface area contributed by atoms with Crippen molar-refractivity contribution in [3.8, 4) is 0 Å². The molecule has 1 aromatic carbocycles. The number of ether oxygens (including phenoxy) is 1. The minimum atomic E-state index is 0.130. The van der Waals surface area contributed by atoms with E-state index in [-0.39, 0.29) is 18.5 Å². The van der Waals surface area contributed by atoms with E-state index < -0.39 is 0 Å². The summed E-state index contributed by atoms with van der Waals surface area (Å²) in [6.45, 7) is 4.11. The van der Waals surface area contributed by atoms with E-state index in [0.29, 0.717) is 6.42 Å². The topological polar surface area (TPSA) is 26.3 Å². The van der Waals surface area contributed by atoms with Crippen LogP contribution in [0.25, 0.3) is 0 Å². The van der Waals surface area contributed by atoms with Gasteiger partial charge in [-0.2, -0.15) is 0 Å². The second-order valence-corrected chi connectivity index (χ2v) is 3.88. The molecule has 0 aliphatic rings. The molecule has 0 atom stereocenters. The standard InChI is InChI=1S/C13H18O2/c1-11(2)15-10-13(14)9-8-12-6-4-3-5-7-12/h3-7,11H,8-10H2,1-2H3. The van der Waals surface area contributed by atoms with Gasteiger partial charge in [-0.25, -0.2) is 0 Å². The molecule has 0 radical (unpaired) electrons. The molecule has 2 nitrogen and oxygen atoms in total. The van der Waals surface area contributed by atoms with Crippen molar-refractivity contribution in [2.24, 2.45) is 0 Å². The van der Waals surface area contributed by atoms with E-state index in [4.69, 9.17) is 4.74 Å². The number of hydrogen-bond acceptors (Lipinski definition) is 2. The summed E-state index contributed by atoms with van der Waals surface area (Å²) >= 11 is 0. The van der Waals surface area contributed by atoms with Crippen LogP contribution in [0.15, 0.2) is 30.3 Å². The zero-order valence-corrected chi connectivity index (χ0v) is 9.40. The predicted molar refractivity (Wildman–Crippen MR) is 60.9 cm³/mol. The highest BCUT2D eigenvalue weighted by atomic mass is 16.5. The van der Waals surface area contributed by atoms with Gasteiger partial charge in [0, 0.05) is 6.42 Å². The van der Waals surface area contributed by atoms with E-state index in [2.05, 4.69) is 0 Å². The monoisotopic (exact) mass is 206 g/mol. The van der Waals surface area contributed by atoms with Gasteiger partial charge in [-0.3, -0.25) is 4.79 Å². The lowest BCUT2D eigenvalue weighted by molar-refractivity contribution is -0.124. The van der Waals surface area contributed by atoms with E-state index >= 15 is 0 Å². The van der Waals surface area contributed by atoms with E-state index in [1.807, 2.05) is 44.2 Å². The van der Waals surface area contributed by atoms with Crippen molar-refractivity contribution in [1.82, 2.24) is 0 Å². The van der Waals surface area contributed by atoms with Crippen molar-refractivity contribution < 1.29 is 9.53 Å². The number of rotatable bonds is 6. The maximum atomic E-state index is 11.4. The van der Waals surface area contributed by atoms with Crippen LogP contribution in [0.2, 0.25) is 0 Å². The molecule has 0 unspecified atom stereocenters. The number of aryl methyl sites for hydroxylation is 1. The van der Waals surface area contributed by atoms with E-state index in [0.717, 1.165) is 6.42 Å². The molecule has 0 aromatic heterocycles. The maximum absolute atomic E-state index is 11.4. The van der Waals surface area contributed by atoms with Gasteiger partial charge in [0.05, 0.1) is 6.10 Å². The van der Waals surface area contributed by atoms with E-state index in [9.17, 15) is 4.79 Å². The lowest BCUT2D eigenvalue weighted by Gasteiger charge is -2.06. The van der Waals surface area contributed by atoms with Gasteiger partial charge in [-0.15, -0.1) is 0 Å². The first-order valence-electron chi connectivity index (χ1n) is 5.35. The fourth-order valence-corrected chi connectivity index (χ4v) is 1.26. The van der Waals surface area contributed by atoms with Gasteiger partial charge < -0.3 is 4.74 Å². The van der Waals surface area contributed by atoms with Crippen LogP contribution in [-0.2, 0) is 16.0 Å². The molecule has 0 heterocycles. The van der Waals surface area contributed by atoms with Crippen molar-refractivity contribution in [2.45, 2.75) is 32.8 Å². The summed E-state index contributed by atoms with van der Waals surface area (Å²) in [5.41, 5.74) is 1.20. The van der Waals surface area contributed by atoms with Gasteiger partial charge in [0.1, 0.15) is 6.61 Å². The Kier molecular flexibility index (Phi) is 5.05. The van der Waals surface area contributed by atoms with E-state index in [1.54, 1.807) is 0 Å². The number of carbonyl (C=O) groups excluding carboxylic acids is 1. The van der Waals surface area contributed by atoms with Crippen molar-refractivity contribution in [3.05, 3.63) is 35.9 Å². The lowest BCUT2D eigenvalue weighted by atomic mass is 10.1. The van der Waals surface area contributed by atoms with Crippen molar-refractivity contribution in [3.63, 3.8) is 0 Å². The number of benzene rings is 1. The Balaban J connectivity index is 2.23. The second kappa shape index (κ2) is 6.36. The first-order chi connectivity index (χ1) is 7.18. The highest BCUT2D eigenvalue weighted by molar-refractivity contribution is 5.79. The first kappa shape index (κ1) is 11.9. The number of carbonyl (C=O) groups is 1. The van der Waals surface area contributed by atoms with Gasteiger partial charge in [0.25, 0.3) is 0 Å². The third-order valence-electron chi connectivity index (χ3n) is 2.11. The SMILES string of the molecule is CC(C)OCC(=O)CCc1ccccc1. The minimum Gasteiger partial charge on any atom is -0.371 e. The summed E-state index contributed by atoms with van der Waals surface area (Å²) in [7, 11) is 0. The Morgan fingerprint density at radius 3 is 2.53 bits per heavy atom. The summed E-state index contributed by atoms with van der Waals surface area (Å²) in [6, 6.07) is 10.0. The Bertz CT molecular complexity index is 291. The zero-order chi connectivity index (χ0) is 11.1. The van der Waals surface area contributed by atoms with Gasteiger partial charge in [-0.1, -0.05) is 30.3 Å². The summed E-state index contributed by atoms with van der Waals surface area (Å²) in [4.78, 5) is 11.4. The maximum Gasteiger partial charge on any atom is 0.158 e. The first-order valence-corrected chi connectivity index (χ1v) is 5.35. The molecule has 82 valence electrons. The summed E-state index contributed by atoms with van der Waals surface area (Å²) in [6.07, 6.45) is 1.50. The molecular weight excluding hydrogens is 188 g/mol. The molecule has 0 saturated carbocycles. The third-order valence-corrected chi connectivity index (χ3v) is 2.11. The molecule has 2 heteroatoms. The molecule has 1 rings (SSSR count). The molecule has 0 aliphatic heterocycles. The summed E-state index contributed by atoms with van der Waals surface area (Å²) < 4.78 is 5.24. The second-order valence-electron chi connectivity index (χ2n) is 3.88. The number of Topliss-reactive ketones (excluding diaryl/α,β-unsaturated/α-hetero) is 1. The molecular formula is C13H18O2. The zero-order valence-electron chi connectivity index (χ0n) is 9.40. The minimum absolute atomic E-state index is 0.130. The van der Waals surface area contributed by atoms with Crippen LogP contribution in [0.3, 0.4) is 0 Å². The Labute approximate surface area is 91.3 Å². The normalized spacial score (nSPS) is 10.6. The van der Waals surface area contributed by atoms with Crippen LogP contribution >= 0.6 is 0 Å². The van der Waals surface area contributed by atoms with Crippen LogP contribution < -0.4 is 0 Å². The van der Waals surface area contributed by atoms with Crippen LogP contribution in [-0.4, -0.2) is 18.5 Å². The quantitative estimate of drug-likeness (QED) is 0.715. The Morgan fingerprint density at radius 2 is 1.93 bits per heavy atom. The highest BCUT2D eigenvalue weighted by Crippen LogP contribution is 2.03. The van der Waals surface area contributed by atoms with Crippen molar-refractivity contribution in [2.75, 3.05) is 6.61 Å². The van der Waals surface area contributed by atoms with Crippen molar-refractivity contribution >= 4 is 5.78 Å². The molecule has 0 saturated heterocycles. The van der Waals surface area contributed by atoms with E-state index in [1.165, 1.54) is 5.56 Å². The summed E-state index contributed by atoms with van der Waals surface area (Å²) in [5, 5.41) is 0. The smallest absolute Gasteiger partial charge is 0.158 e. The van der Waals surface area contributed by atoms with Crippen LogP contribution in [0.5, 0.6) is 0 Å². The molecule has 0 aliphatic carbocycles. The number of ketones is 1. The van der Waals surface area contributed by atoms with Gasteiger partial charge in [-0.05, 0) is 25.8 Å². The predicted octanol–water partition coefficient (Wildman–Crippen LogP) is 2.61. The fourth-order valence-electron chi connectivity index (χ4n) is 1.26. The average Bonchev–Trinajstić information content (AvgIpc) is 2.25. The highest BCUT2D eigenvalue weighted by Gasteiger charge is 2.03. The molecule has 0 amide bonds. The Hall–Kier alpha value is -1.15. The molecule has 15 heavy (non-hydrogen) atoms. The summed E-state index contributed by atoms with van der Waals surface area (Å²) in [5.74, 6) is 0.174. The molecule has 0 bridgehead atoms. The number of hydrogen-bond donors (Lipinski definition) is 0. The van der Waals surface area contributed by atoms with Crippen LogP contribution in [0.4, 0.5) is 0 Å². The largest absolute Gasteiger partial charge is 0.371 e. The van der Waals surface area contributed by atoms with Crippen LogP contribution in [0, 0.1) is 0 Å². The molecule has 0 N–H and O–H groups in total. The van der Waals surface area contributed by atoms with Gasteiger partial charge >= 0.3 is 0 Å². The Morgan fingerprint density at radius 1 is 1.27 bits per heavy atom. The van der Waals surface area contributed by atoms with Gasteiger partial charge in [0.2, 0.25) is 0 Å². The third kappa shape index (κ3) is 5.33. The molecule has 1 aromatic rings.